The average molecular weight is 272 g/mol. The van der Waals surface area contributed by atoms with Crippen molar-refractivity contribution in [1.29, 1.82) is 0 Å². The van der Waals surface area contributed by atoms with E-state index in [2.05, 4.69) is 4.72 Å². The van der Waals surface area contributed by atoms with Crippen LogP contribution in [-0.2, 0) is 16.8 Å². The van der Waals surface area contributed by atoms with E-state index in [9.17, 15) is 8.42 Å². The quantitative estimate of drug-likeness (QED) is 0.815. The highest BCUT2D eigenvalue weighted by atomic mass is 32.2. The van der Waals surface area contributed by atoms with Crippen LogP contribution >= 0.6 is 0 Å². The van der Waals surface area contributed by atoms with Crippen molar-refractivity contribution in [3.63, 3.8) is 0 Å². The first-order chi connectivity index (χ1) is 8.49. The van der Waals surface area contributed by atoms with Gasteiger partial charge in [-0.3, -0.25) is 0 Å². The molecule has 0 aromatic heterocycles. The Morgan fingerprint density at radius 3 is 2.72 bits per heavy atom. The van der Waals surface area contributed by atoms with Gasteiger partial charge in [-0.15, -0.1) is 0 Å². The smallest absolute Gasteiger partial charge is 0.279 e. The molecule has 0 aliphatic carbocycles. The van der Waals surface area contributed by atoms with Crippen molar-refractivity contribution in [2.45, 2.75) is 19.9 Å². The average Bonchev–Trinajstić information content (AvgIpc) is 2.36. The summed E-state index contributed by atoms with van der Waals surface area (Å²) in [6.07, 6.45) is 0.770. The summed E-state index contributed by atoms with van der Waals surface area (Å²) in [5.41, 5.74) is 0.888. The van der Waals surface area contributed by atoms with Gasteiger partial charge in [-0.05, 0) is 24.1 Å². The molecule has 0 unspecified atom stereocenters. The van der Waals surface area contributed by atoms with Crippen LogP contribution in [0.3, 0.4) is 0 Å². The van der Waals surface area contributed by atoms with E-state index in [0.717, 1.165) is 17.7 Å². The van der Waals surface area contributed by atoms with E-state index in [4.69, 9.17) is 4.74 Å². The van der Waals surface area contributed by atoms with E-state index < -0.39 is 10.2 Å². The summed E-state index contributed by atoms with van der Waals surface area (Å²) in [5.74, 6) is 0.722. The van der Waals surface area contributed by atoms with Gasteiger partial charge < -0.3 is 4.74 Å². The largest absolute Gasteiger partial charge is 0.497 e. The Morgan fingerprint density at radius 2 is 2.11 bits per heavy atom. The molecule has 0 atom stereocenters. The topological polar surface area (TPSA) is 58.6 Å². The molecule has 0 fully saturated rings. The van der Waals surface area contributed by atoms with E-state index in [0.29, 0.717) is 13.1 Å². The molecule has 0 spiro atoms. The maximum absolute atomic E-state index is 11.8. The highest BCUT2D eigenvalue weighted by molar-refractivity contribution is 7.87. The Bertz CT molecular complexity index is 474. The number of rotatable bonds is 7. The molecule has 6 heteroatoms. The SMILES string of the molecule is CCCNS(=O)(=O)N(C)Cc1cccc(OC)c1. The van der Waals surface area contributed by atoms with Crippen LogP contribution in [0, 0.1) is 0 Å². The first-order valence-corrected chi connectivity index (χ1v) is 7.27. The number of methoxy groups -OCH3 is 1. The van der Waals surface area contributed by atoms with Crippen molar-refractivity contribution in [2.75, 3.05) is 20.7 Å². The number of nitrogens with zero attached hydrogens (tertiary/aromatic N) is 1. The summed E-state index contributed by atoms with van der Waals surface area (Å²) >= 11 is 0. The predicted octanol–water partition coefficient (Wildman–Crippen LogP) is 1.37. The Hall–Kier alpha value is -1.11. The van der Waals surface area contributed by atoms with Gasteiger partial charge in [0.15, 0.2) is 0 Å². The lowest BCUT2D eigenvalue weighted by molar-refractivity contribution is 0.412. The predicted molar refractivity (Wildman–Crippen MR) is 71.7 cm³/mol. The second kappa shape index (κ2) is 6.72. The van der Waals surface area contributed by atoms with Gasteiger partial charge in [-0.2, -0.15) is 12.7 Å². The van der Waals surface area contributed by atoms with Crippen molar-refractivity contribution in [3.05, 3.63) is 29.8 Å². The molecule has 1 N–H and O–H groups in total. The molecule has 0 saturated carbocycles. The molecule has 18 heavy (non-hydrogen) atoms. The third-order valence-electron chi connectivity index (χ3n) is 2.48. The fourth-order valence-electron chi connectivity index (χ4n) is 1.45. The van der Waals surface area contributed by atoms with Crippen LogP contribution in [0.2, 0.25) is 0 Å². The first-order valence-electron chi connectivity index (χ1n) is 5.83. The molecule has 102 valence electrons. The molecule has 0 bridgehead atoms. The van der Waals surface area contributed by atoms with Gasteiger partial charge >= 0.3 is 0 Å². The fourth-order valence-corrected chi connectivity index (χ4v) is 2.46. The van der Waals surface area contributed by atoms with Crippen LogP contribution in [0.5, 0.6) is 5.75 Å². The summed E-state index contributed by atoms with van der Waals surface area (Å²) in [6.45, 7) is 2.69. The van der Waals surface area contributed by atoms with E-state index in [-0.39, 0.29) is 0 Å². The Morgan fingerprint density at radius 1 is 1.39 bits per heavy atom. The lowest BCUT2D eigenvalue weighted by Crippen LogP contribution is -2.38. The normalized spacial score (nSPS) is 11.8. The highest BCUT2D eigenvalue weighted by Crippen LogP contribution is 2.14. The minimum absolute atomic E-state index is 0.316. The highest BCUT2D eigenvalue weighted by Gasteiger charge is 2.16. The summed E-state index contributed by atoms with van der Waals surface area (Å²) < 4.78 is 32.6. The summed E-state index contributed by atoms with van der Waals surface area (Å²) in [4.78, 5) is 0. The summed E-state index contributed by atoms with van der Waals surface area (Å²) in [6, 6.07) is 7.36. The molecular weight excluding hydrogens is 252 g/mol. The molecule has 1 aromatic rings. The molecule has 0 saturated heterocycles. The molecule has 0 aliphatic heterocycles. The van der Waals surface area contributed by atoms with Crippen molar-refractivity contribution in [3.8, 4) is 5.75 Å². The van der Waals surface area contributed by atoms with Gasteiger partial charge in [0.2, 0.25) is 0 Å². The zero-order chi connectivity index (χ0) is 13.6. The van der Waals surface area contributed by atoms with Crippen LogP contribution in [0.15, 0.2) is 24.3 Å². The molecule has 0 amide bonds. The van der Waals surface area contributed by atoms with E-state index >= 15 is 0 Å². The van der Waals surface area contributed by atoms with Gasteiger partial charge in [-0.1, -0.05) is 19.1 Å². The van der Waals surface area contributed by atoms with Crippen molar-refractivity contribution < 1.29 is 13.2 Å². The number of ether oxygens (including phenoxy) is 1. The standard InChI is InChI=1S/C12H20N2O3S/c1-4-8-13-18(15,16)14(2)10-11-6-5-7-12(9-11)17-3/h5-7,9,13H,4,8,10H2,1-3H3. The zero-order valence-electron chi connectivity index (χ0n) is 11.0. The second-order valence-corrected chi connectivity index (χ2v) is 5.87. The van der Waals surface area contributed by atoms with Crippen molar-refractivity contribution >= 4 is 10.2 Å². The van der Waals surface area contributed by atoms with Crippen LogP contribution < -0.4 is 9.46 Å². The lowest BCUT2D eigenvalue weighted by Gasteiger charge is -2.17. The maximum Gasteiger partial charge on any atom is 0.279 e. The Kier molecular flexibility index (Phi) is 5.58. The molecule has 5 nitrogen and oxygen atoms in total. The molecule has 1 aromatic carbocycles. The van der Waals surface area contributed by atoms with E-state index in [1.807, 2.05) is 31.2 Å². The molecule has 0 aliphatic rings. The minimum atomic E-state index is -3.40. The third kappa shape index (κ3) is 4.29. The molecule has 0 heterocycles. The number of benzene rings is 1. The van der Waals surface area contributed by atoms with Gasteiger partial charge in [0.05, 0.1) is 7.11 Å². The minimum Gasteiger partial charge on any atom is -0.497 e. The van der Waals surface area contributed by atoms with Gasteiger partial charge in [-0.25, -0.2) is 4.72 Å². The fraction of sp³-hybridized carbons (Fsp3) is 0.500. The summed E-state index contributed by atoms with van der Waals surface area (Å²) in [7, 11) is -0.259. The van der Waals surface area contributed by atoms with Crippen LogP contribution in [0.1, 0.15) is 18.9 Å². The monoisotopic (exact) mass is 272 g/mol. The van der Waals surface area contributed by atoms with Crippen molar-refractivity contribution in [2.24, 2.45) is 0 Å². The van der Waals surface area contributed by atoms with Crippen LogP contribution in [0.4, 0.5) is 0 Å². The molecule has 0 radical (unpaired) electrons. The van der Waals surface area contributed by atoms with E-state index in [1.165, 1.54) is 4.31 Å². The number of hydrogen-bond donors (Lipinski definition) is 1. The van der Waals surface area contributed by atoms with Gasteiger partial charge in [0, 0.05) is 20.1 Å². The van der Waals surface area contributed by atoms with Gasteiger partial charge in [0.1, 0.15) is 5.75 Å². The zero-order valence-corrected chi connectivity index (χ0v) is 11.8. The second-order valence-electron chi connectivity index (χ2n) is 4.01. The van der Waals surface area contributed by atoms with Crippen molar-refractivity contribution in [1.82, 2.24) is 9.03 Å². The number of hydrogen-bond acceptors (Lipinski definition) is 3. The number of nitrogens with one attached hydrogen (secondary N) is 1. The summed E-state index contributed by atoms with van der Waals surface area (Å²) in [5, 5.41) is 0. The Labute approximate surface area is 109 Å². The Balaban J connectivity index is 2.71. The molecule has 1 rings (SSSR count). The lowest BCUT2D eigenvalue weighted by atomic mass is 10.2. The van der Waals surface area contributed by atoms with Crippen LogP contribution in [0.25, 0.3) is 0 Å². The van der Waals surface area contributed by atoms with Crippen LogP contribution in [-0.4, -0.2) is 33.4 Å². The van der Waals surface area contributed by atoms with E-state index in [1.54, 1.807) is 14.2 Å². The molecular formula is C12H20N2O3S. The first kappa shape index (κ1) is 14.9. The maximum atomic E-state index is 11.8. The third-order valence-corrected chi connectivity index (χ3v) is 4.00. The van der Waals surface area contributed by atoms with Gasteiger partial charge in [0.25, 0.3) is 10.2 Å².